The Hall–Kier alpha value is -3.52. The molecule has 8 nitrogen and oxygen atoms in total. The van der Waals surface area contributed by atoms with E-state index < -0.39 is 12.2 Å². The van der Waals surface area contributed by atoms with E-state index in [1.165, 1.54) is 0 Å². The highest BCUT2D eigenvalue weighted by Gasteiger charge is 2.08. The van der Waals surface area contributed by atoms with Crippen LogP contribution < -0.4 is 25.3 Å². The maximum atomic E-state index is 11.7. The molecule has 0 heterocycles. The van der Waals surface area contributed by atoms with Crippen molar-refractivity contribution in [2.24, 2.45) is 5.73 Å². The lowest BCUT2D eigenvalue weighted by atomic mass is 10.1. The summed E-state index contributed by atoms with van der Waals surface area (Å²) in [6.07, 6.45) is 2.99. The zero-order chi connectivity index (χ0) is 21.9. The van der Waals surface area contributed by atoms with Gasteiger partial charge in [0.05, 0.1) is 26.8 Å². The summed E-state index contributed by atoms with van der Waals surface area (Å²) >= 11 is 0. The zero-order valence-corrected chi connectivity index (χ0v) is 17.2. The fourth-order valence-electron chi connectivity index (χ4n) is 2.36. The fraction of sp³-hybridized carbons (Fsp3) is 0.273. The third kappa shape index (κ3) is 7.48. The number of nitrogens with two attached hydrogens (primary N) is 1. The Bertz CT molecular complexity index is 855. The summed E-state index contributed by atoms with van der Waals surface area (Å²) in [5, 5.41) is 2.53. The van der Waals surface area contributed by atoms with Crippen LogP contribution in [0.15, 0.2) is 42.5 Å². The van der Waals surface area contributed by atoms with Gasteiger partial charge in [-0.25, -0.2) is 4.79 Å². The van der Waals surface area contributed by atoms with Crippen LogP contribution in [0.2, 0.25) is 0 Å². The van der Waals surface area contributed by atoms with Gasteiger partial charge in [0.25, 0.3) is 0 Å². The highest BCUT2D eigenvalue weighted by atomic mass is 16.7. The maximum Gasteiger partial charge on any atom is 0.513 e. The Balaban J connectivity index is 1.85. The van der Waals surface area contributed by atoms with E-state index in [0.29, 0.717) is 17.2 Å². The predicted octanol–water partition coefficient (Wildman–Crippen LogP) is 2.85. The second kappa shape index (κ2) is 11.5. The first-order valence-electron chi connectivity index (χ1n) is 9.30. The number of hydrogen-bond donors (Lipinski definition) is 2. The van der Waals surface area contributed by atoms with Gasteiger partial charge in [-0.05, 0) is 42.3 Å². The quantitative estimate of drug-likeness (QED) is 0.281. The molecular formula is C22H26N2O6. The normalized spacial score (nSPS) is 11.6. The Kier molecular flexibility index (Phi) is 8.71. The van der Waals surface area contributed by atoms with E-state index in [1.54, 1.807) is 51.5 Å². The number of benzene rings is 2. The van der Waals surface area contributed by atoms with Crippen LogP contribution in [0.4, 0.5) is 4.79 Å². The van der Waals surface area contributed by atoms with Gasteiger partial charge in [0.2, 0.25) is 5.91 Å². The van der Waals surface area contributed by atoms with Crippen LogP contribution in [0.25, 0.3) is 12.2 Å². The van der Waals surface area contributed by atoms with Gasteiger partial charge in [0, 0.05) is 6.07 Å². The molecule has 1 atom stereocenters. The van der Waals surface area contributed by atoms with Crippen molar-refractivity contribution in [2.45, 2.75) is 13.0 Å². The predicted molar refractivity (Wildman–Crippen MR) is 114 cm³/mol. The third-order valence-electron chi connectivity index (χ3n) is 3.96. The van der Waals surface area contributed by atoms with Crippen molar-refractivity contribution in [1.82, 2.24) is 5.32 Å². The van der Waals surface area contributed by atoms with E-state index in [9.17, 15) is 9.59 Å². The van der Waals surface area contributed by atoms with Crippen molar-refractivity contribution >= 4 is 24.2 Å². The summed E-state index contributed by atoms with van der Waals surface area (Å²) in [6.45, 7) is 1.72. The van der Waals surface area contributed by atoms with Crippen molar-refractivity contribution in [2.75, 3.05) is 27.4 Å². The van der Waals surface area contributed by atoms with Gasteiger partial charge in [0.1, 0.15) is 23.9 Å². The number of amides is 1. The largest absolute Gasteiger partial charge is 0.513 e. The highest BCUT2D eigenvalue weighted by Crippen LogP contribution is 2.24. The number of ether oxygens (including phenoxy) is 4. The number of carbonyl (C=O) groups excluding carboxylic acids is 2. The molecule has 0 saturated heterocycles. The molecule has 3 N–H and O–H groups in total. The van der Waals surface area contributed by atoms with Gasteiger partial charge in [-0.2, -0.15) is 0 Å². The summed E-state index contributed by atoms with van der Waals surface area (Å²) < 4.78 is 20.5. The van der Waals surface area contributed by atoms with Crippen LogP contribution in [0.5, 0.6) is 17.2 Å². The maximum absolute atomic E-state index is 11.7. The molecule has 2 aromatic rings. The molecule has 1 amide bonds. The Labute approximate surface area is 175 Å². The van der Waals surface area contributed by atoms with Crippen molar-refractivity contribution in [1.29, 1.82) is 0 Å². The van der Waals surface area contributed by atoms with Crippen LogP contribution >= 0.6 is 0 Å². The molecule has 0 aliphatic heterocycles. The summed E-state index contributed by atoms with van der Waals surface area (Å²) in [7, 11) is 3.20. The van der Waals surface area contributed by atoms with Gasteiger partial charge >= 0.3 is 6.16 Å². The van der Waals surface area contributed by atoms with Crippen LogP contribution in [-0.4, -0.2) is 45.5 Å². The van der Waals surface area contributed by atoms with E-state index in [4.69, 9.17) is 24.7 Å². The first-order chi connectivity index (χ1) is 14.4. The minimum absolute atomic E-state index is 0.0118. The summed E-state index contributed by atoms with van der Waals surface area (Å²) in [5.41, 5.74) is 7.25. The van der Waals surface area contributed by atoms with Crippen molar-refractivity contribution < 1.29 is 28.5 Å². The first-order valence-corrected chi connectivity index (χ1v) is 9.30. The second-order valence-corrected chi connectivity index (χ2v) is 6.33. The van der Waals surface area contributed by atoms with Gasteiger partial charge in [0.15, 0.2) is 0 Å². The van der Waals surface area contributed by atoms with Crippen molar-refractivity contribution in [3.63, 3.8) is 0 Å². The molecule has 160 valence electrons. The lowest BCUT2D eigenvalue weighted by Gasteiger charge is -2.08. The monoisotopic (exact) mass is 414 g/mol. The van der Waals surface area contributed by atoms with Gasteiger partial charge in [-0.1, -0.05) is 24.3 Å². The molecule has 2 rings (SSSR count). The molecule has 30 heavy (non-hydrogen) atoms. The Morgan fingerprint density at radius 3 is 2.13 bits per heavy atom. The first kappa shape index (κ1) is 22.8. The van der Waals surface area contributed by atoms with E-state index >= 15 is 0 Å². The number of rotatable bonds is 9. The molecule has 1 unspecified atom stereocenters. The van der Waals surface area contributed by atoms with Crippen molar-refractivity contribution in [3.05, 3.63) is 53.6 Å². The Morgan fingerprint density at radius 2 is 1.57 bits per heavy atom. The van der Waals surface area contributed by atoms with Crippen LogP contribution in [-0.2, 0) is 9.53 Å². The van der Waals surface area contributed by atoms with Crippen LogP contribution in [0, 0.1) is 0 Å². The lowest BCUT2D eigenvalue weighted by Crippen LogP contribution is -2.40. The lowest BCUT2D eigenvalue weighted by molar-refractivity contribution is -0.122. The van der Waals surface area contributed by atoms with Gasteiger partial charge < -0.3 is 30.0 Å². The molecule has 2 aromatic carbocycles. The molecule has 0 aliphatic rings. The SMILES string of the molecule is COc1cc(C=Cc2ccc(OC(=O)OCCNC(=O)C(C)N)cc2)cc(OC)c1. The van der Waals surface area contributed by atoms with Gasteiger partial charge in [-0.3, -0.25) is 4.79 Å². The van der Waals surface area contributed by atoms with E-state index in [0.717, 1.165) is 11.1 Å². The molecule has 0 radical (unpaired) electrons. The topological polar surface area (TPSA) is 109 Å². The molecule has 0 fully saturated rings. The average Bonchev–Trinajstić information content (AvgIpc) is 2.75. The standard InChI is InChI=1S/C22H26N2O6/c1-15(23)21(25)24-10-11-29-22(26)30-18-8-6-16(7-9-18)4-5-17-12-19(27-2)14-20(13-17)28-3/h4-9,12-15H,10-11,23H2,1-3H3,(H,24,25). The molecule has 0 aromatic heterocycles. The molecule has 8 heteroatoms. The van der Waals surface area contributed by atoms with Crippen molar-refractivity contribution in [3.8, 4) is 17.2 Å². The molecule has 0 aliphatic carbocycles. The number of nitrogens with one attached hydrogen (secondary N) is 1. The van der Waals surface area contributed by atoms with E-state index in [2.05, 4.69) is 5.32 Å². The third-order valence-corrected chi connectivity index (χ3v) is 3.96. The van der Waals surface area contributed by atoms with Gasteiger partial charge in [-0.15, -0.1) is 0 Å². The molecule has 0 bridgehead atoms. The minimum atomic E-state index is -0.850. The molecular weight excluding hydrogens is 388 g/mol. The van der Waals surface area contributed by atoms with Crippen LogP contribution in [0.1, 0.15) is 18.1 Å². The average molecular weight is 414 g/mol. The van der Waals surface area contributed by atoms with E-state index in [1.807, 2.05) is 24.3 Å². The number of hydrogen-bond acceptors (Lipinski definition) is 7. The second-order valence-electron chi connectivity index (χ2n) is 6.33. The summed E-state index contributed by atoms with van der Waals surface area (Å²) in [5.74, 6) is 1.43. The number of methoxy groups -OCH3 is 2. The van der Waals surface area contributed by atoms with E-state index in [-0.39, 0.29) is 19.1 Å². The highest BCUT2D eigenvalue weighted by molar-refractivity contribution is 5.80. The zero-order valence-electron chi connectivity index (χ0n) is 17.2. The molecule has 0 spiro atoms. The fourth-order valence-corrected chi connectivity index (χ4v) is 2.36. The Morgan fingerprint density at radius 1 is 0.967 bits per heavy atom. The minimum Gasteiger partial charge on any atom is -0.497 e. The summed E-state index contributed by atoms with van der Waals surface area (Å²) in [4.78, 5) is 23.0. The summed E-state index contributed by atoms with van der Waals surface area (Å²) in [6, 6.07) is 11.9. The van der Waals surface area contributed by atoms with Crippen LogP contribution in [0.3, 0.4) is 0 Å². The smallest absolute Gasteiger partial charge is 0.497 e. The molecule has 0 saturated carbocycles. The number of carbonyl (C=O) groups is 2.